The average Bonchev–Trinajstić information content (AvgIpc) is 2.77. The molecule has 5 nitrogen and oxygen atoms in total. The Morgan fingerprint density at radius 3 is 2.81 bits per heavy atom. The standard InChI is InChI=1S/C16H27N3O2/c1-3-4-10-19-13(2)14(12-17-19)18-15(20)11-16(21)8-6-5-7-9-16/h12,21H,3-11H2,1-2H3,(H,18,20). The molecule has 0 bridgehead atoms. The van der Waals surface area contributed by atoms with Gasteiger partial charge < -0.3 is 10.4 Å². The number of amides is 1. The summed E-state index contributed by atoms with van der Waals surface area (Å²) in [5.41, 5.74) is 0.928. The van der Waals surface area contributed by atoms with Crippen molar-refractivity contribution in [2.75, 3.05) is 5.32 Å². The fourth-order valence-corrected chi connectivity index (χ4v) is 2.98. The molecule has 1 aliphatic rings. The zero-order chi connectivity index (χ0) is 15.3. The third kappa shape index (κ3) is 4.30. The van der Waals surface area contributed by atoms with Gasteiger partial charge >= 0.3 is 0 Å². The molecule has 1 saturated carbocycles. The molecule has 2 rings (SSSR count). The predicted molar refractivity (Wildman–Crippen MR) is 83.2 cm³/mol. The molecule has 1 aromatic rings. The predicted octanol–water partition coefficient (Wildman–Crippen LogP) is 3.02. The van der Waals surface area contributed by atoms with Gasteiger partial charge in [-0.2, -0.15) is 5.10 Å². The lowest BCUT2D eigenvalue weighted by Crippen LogP contribution is -2.35. The van der Waals surface area contributed by atoms with Gasteiger partial charge in [0.2, 0.25) is 5.91 Å². The van der Waals surface area contributed by atoms with Crippen molar-refractivity contribution < 1.29 is 9.90 Å². The number of unbranched alkanes of at least 4 members (excludes halogenated alkanes) is 1. The molecule has 0 unspecified atom stereocenters. The topological polar surface area (TPSA) is 67.2 Å². The number of carbonyl (C=O) groups excluding carboxylic acids is 1. The van der Waals surface area contributed by atoms with Crippen molar-refractivity contribution in [3.8, 4) is 0 Å². The van der Waals surface area contributed by atoms with Gasteiger partial charge in [-0.1, -0.05) is 32.6 Å². The number of nitrogens with one attached hydrogen (secondary N) is 1. The van der Waals surface area contributed by atoms with E-state index >= 15 is 0 Å². The Hall–Kier alpha value is -1.36. The first-order valence-corrected chi connectivity index (χ1v) is 8.09. The van der Waals surface area contributed by atoms with Gasteiger partial charge in [-0.25, -0.2) is 0 Å². The van der Waals surface area contributed by atoms with Crippen molar-refractivity contribution >= 4 is 11.6 Å². The summed E-state index contributed by atoms with van der Waals surface area (Å²) in [7, 11) is 0. The van der Waals surface area contributed by atoms with Crippen LogP contribution in [-0.4, -0.2) is 26.4 Å². The Morgan fingerprint density at radius 1 is 1.43 bits per heavy atom. The van der Waals surface area contributed by atoms with Crippen LogP contribution < -0.4 is 5.32 Å². The molecule has 0 aliphatic heterocycles. The minimum atomic E-state index is -0.811. The SMILES string of the molecule is CCCCn1ncc(NC(=O)CC2(O)CCCCC2)c1C. The summed E-state index contributed by atoms with van der Waals surface area (Å²) in [6.45, 7) is 4.99. The second-order valence-corrected chi connectivity index (χ2v) is 6.23. The number of hydrogen-bond acceptors (Lipinski definition) is 3. The van der Waals surface area contributed by atoms with Crippen LogP contribution in [0.5, 0.6) is 0 Å². The number of carbonyl (C=O) groups is 1. The van der Waals surface area contributed by atoms with Crippen LogP contribution in [0, 0.1) is 6.92 Å². The lowest BCUT2D eigenvalue weighted by atomic mass is 9.82. The van der Waals surface area contributed by atoms with E-state index in [0.717, 1.165) is 62.9 Å². The van der Waals surface area contributed by atoms with E-state index in [0.29, 0.717) is 0 Å². The molecule has 5 heteroatoms. The molecular formula is C16H27N3O2. The van der Waals surface area contributed by atoms with Crippen LogP contribution in [-0.2, 0) is 11.3 Å². The number of aliphatic hydroxyl groups is 1. The number of anilines is 1. The fourth-order valence-electron chi connectivity index (χ4n) is 2.98. The minimum absolute atomic E-state index is 0.113. The summed E-state index contributed by atoms with van der Waals surface area (Å²) >= 11 is 0. The lowest BCUT2D eigenvalue weighted by molar-refractivity contribution is -0.122. The highest BCUT2D eigenvalue weighted by atomic mass is 16.3. The molecule has 0 saturated heterocycles. The zero-order valence-electron chi connectivity index (χ0n) is 13.2. The van der Waals surface area contributed by atoms with Crippen molar-refractivity contribution in [2.45, 2.75) is 77.4 Å². The second kappa shape index (κ2) is 7.07. The normalized spacial score (nSPS) is 17.7. The van der Waals surface area contributed by atoms with E-state index < -0.39 is 5.60 Å². The third-order valence-corrected chi connectivity index (χ3v) is 4.37. The molecule has 1 aliphatic carbocycles. The number of rotatable bonds is 6. The van der Waals surface area contributed by atoms with Crippen LogP contribution in [0.2, 0.25) is 0 Å². The summed E-state index contributed by atoms with van der Waals surface area (Å²) in [6.07, 6.45) is 8.73. The van der Waals surface area contributed by atoms with Crippen LogP contribution >= 0.6 is 0 Å². The molecule has 1 aromatic heterocycles. The fraction of sp³-hybridized carbons (Fsp3) is 0.750. The van der Waals surface area contributed by atoms with Gasteiger partial charge in [-0.3, -0.25) is 9.48 Å². The number of hydrogen-bond donors (Lipinski definition) is 2. The molecule has 1 amide bonds. The van der Waals surface area contributed by atoms with Crippen molar-refractivity contribution in [3.05, 3.63) is 11.9 Å². The summed E-state index contributed by atoms with van der Waals surface area (Å²) in [5.74, 6) is -0.113. The number of aromatic nitrogens is 2. The van der Waals surface area contributed by atoms with Crippen LogP contribution in [0.15, 0.2) is 6.20 Å². The Bertz CT molecular complexity index is 476. The maximum atomic E-state index is 12.2. The summed E-state index contributed by atoms with van der Waals surface area (Å²) in [5, 5.41) is 17.6. The smallest absolute Gasteiger partial charge is 0.227 e. The van der Waals surface area contributed by atoms with Crippen LogP contribution in [0.3, 0.4) is 0 Å². The summed E-state index contributed by atoms with van der Waals surface area (Å²) < 4.78 is 1.93. The van der Waals surface area contributed by atoms with Gasteiger partial charge in [-0.05, 0) is 26.2 Å². The van der Waals surface area contributed by atoms with Gasteiger partial charge in [0.25, 0.3) is 0 Å². The highest BCUT2D eigenvalue weighted by Gasteiger charge is 2.31. The first kappa shape index (κ1) is 16.0. The Morgan fingerprint density at radius 2 is 2.14 bits per heavy atom. The van der Waals surface area contributed by atoms with E-state index in [-0.39, 0.29) is 12.3 Å². The molecule has 118 valence electrons. The number of aryl methyl sites for hydroxylation is 1. The van der Waals surface area contributed by atoms with Gasteiger partial charge in [0.05, 0.1) is 29.6 Å². The largest absolute Gasteiger partial charge is 0.389 e. The monoisotopic (exact) mass is 293 g/mol. The second-order valence-electron chi connectivity index (χ2n) is 6.23. The average molecular weight is 293 g/mol. The highest BCUT2D eigenvalue weighted by molar-refractivity contribution is 5.91. The van der Waals surface area contributed by atoms with Crippen LogP contribution in [0.4, 0.5) is 5.69 Å². The van der Waals surface area contributed by atoms with E-state index in [1.807, 2.05) is 11.6 Å². The van der Waals surface area contributed by atoms with Crippen LogP contribution in [0.1, 0.15) is 64.0 Å². The minimum Gasteiger partial charge on any atom is -0.389 e. The Kier molecular flexibility index (Phi) is 5.39. The molecule has 0 spiro atoms. The Labute approximate surface area is 126 Å². The molecular weight excluding hydrogens is 266 g/mol. The van der Waals surface area contributed by atoms with Crippen molar-refractivity contribution in [1.82, 2.24) is 9.78 Å². The van der Waals surface area contributed by atoms with Gasteiger partial charge in [0.1, 0.15) is 0 Å². The maximum Gasteiger partial charge on any atom is 0.227 e. The lowest BCUT2D eigenvalue weighted by Gasteiger charge is -2.31. The van der Waals surface area contributed by atoms with E-state index in [1.165, 1.54) is 0 Å². The molecule has 21 heavy (non-hydrogen) atoms. The van der Waals surface area contributed by atoms with Gasteiger partial charge in [0.15, 0.2) is 0 Å². The summed E-state index contributed by atoms with van der Waals surface area (Å²) in [4.78, 5) is 12.2. The van der Waals surface area contributed by atoms with Crippen LogP contribution in [0.25, 0.3) is 0 Å². The first-order chi connectivity index (χ1) is 10.0. The molecule has 1 heterocycles. The van der Waals surface area contributed by atoms with E-state index in [9.17, 15) is 9.90 Å². The van der Waals surface area contributed by atoms with Crippen molar-refractivity contribution in [3.63, 3.8) is 0 Å². The van der Waals surface area contributed by atoms with E-state index in [2.05, 4.69) is 17.3 Å². The van der Waals surface area contributed by atoms with Crippen molar-refractivity contribution in [1.29, 1.82) is 0 Å². The first-order valence-electron chi connectivity index (χ1n) is 8.09. The molecule has 0 aromatic carbocycles. The quantitative estimate of drug-likeness (QED) is 0.847. The Balaban J connectivity index is 1.91. The van der Waals surface area contributed by atoms with Gasteiger partial charge in [0, 0.05) is 6.54 Å². The molecule has 0 radical (unpaired) electrons. The summed E-state index contributed by atoms with van der Waals surface area (Å²) in [6, 6.07) is 0. The maximum absolute atomic E-state index is 12.2. The molecule has 0 atom stereocenters. The third-order valence-electron chi connectivity index (χ3n) is 4.37. The van der Waals surface area contributed by atoms with E-state index in [4.69, 9.17) is 0 Å². The van der Waals surface area contributed by atoms with Crippen molar-refractivity contribution in [2.24, 2.45) is 0 Å². The van der Waals surface area contributed by atoms with E-state index in [1.54, 1.807) is 6.20 Å². The highest BCUT2D eigenvalue weighted by Crippen LogP contribution is 2.31. The zero-order valence-corrected chi connectivity index (χ0v) is 13.2. The molecule has 1 fully saturated rings. The van der Waals surface area contributed by atoms with Gasteiger partial charge in [-0.15, -0.1) is 0 Å². The number of nitrogens with zero attached hydrogens (tertiary/aromatic N) is 2. The molecule has 2 N–H and O–H groups in total.